The van der Waals surface area contributed by atoms with Gasteiger partial charge in [-0.3, -0.25) is 0 Å². The molecular weight excluding hydrogens is 609 g/mol. The highest BCUT2D eigenvalue weighted by atomic mass is 32.2. The van der Waals surface area contributed by atoms with Gasteiger partial charge in [0, 0.05) is 24.6 Å². The summed E-state index contributed by atoms with van der Waals surface area (Å²) in [5.41, 5.74) is 5.85. The molecule has 8 heteroatoms. The topological polar surface area (TPSA) is 88.1 Å². The smallest absolute Gasteiger partial charge is 0.240 e. The Morgan fingerprint density at radius 2 is 1.43 bits per heavy atom. The van der Waals surface area contributed by atoms with Gasteiger partial charge in [0.15, 0.2) is 6.29 Å². The summed E-state index contributed by atoms with van der Waals surface area (Å²) in [6.45, 7) is 5.54. The molecule has 7 nitrogen and oxygen atoms in total. The molecule has 0 aliphatic carbocycles. The number of hydrogen-bond donors (Lipinski definition) is 2. The van der Waals surface area contributed by atoms with Crippen molar-refractivity contribution >= 4 is 10.0 Å². The number of nitrogens with one attached hydrogen (secondary N) is 1. The molecule has 2 aliphatic rings. The van der Waals surface area contributed by atoms with Gasteiger partial charge in [0.25, 0.3) is 0 Å². The molecule has 0 radical (unpaired) electrons. The minimum atomic E-state index is -3.60. The molecule has 0 amide bonds. The van der Waals surface area contributed by atoms with E-state index in [0.29, 0.717) is 0 Å². The van der Waals surface area contributed by atoms with E-state index in [1.165, 1.54) is 32.1 Å². The van der Waals surface area contributed by atoms with Gasteiger partial charge < -0.3 is 19.5 Å². The second kappa shape index (κ2) is 15.7. The maximum Gasteiger partial charge on any atom is 0.240 e. The third-order valence-electron chi connectivity index (χ3n) is 9.47. The van der Waals surface area contributed by atoms with Crippen molar-refractivity contribution in [1.29, 1.82) is 0 Å². The first kappa shape index (κ1) is 33.5. The van der Waals surface area contributed by atoms with Crippen LogP contribution in [0.2, 0.25) is 0 Å². The van der Waals surface area contributed by atoms with E-state index in [-0.39, 0.29) is 36.2 Å². The number of aliphatic hydroxyl groups excluding tert-OH is 1. The van der Waals surface area contributed by atoms with Crippen molar-refractivity contribution in [3.05, 3.63) is 125 Å². The average molecular weight is 655 g/mol. The molecular formula is C39H46N2O5S. The van der Waals surface area contributed by atoms with E-state index >= 15 is 0 Å². The zero-order valence-corrected chi connectivity index (χ0v) is 27.9. The van der Waals surface area contributed by atoms with Crippen LogP contribution in [-0.4, -0.2) is 44.2 Å². The molecule has 4 aromatic carbocycles. The number of aliphatic hydroxyl groups is 1. The largest absolute Gasteiger partial charge is 0.392 e. The van der Waals surface area contributed by atoms with Crippen LogP contribution in [0.4, 0.5) is 0 Å². The van der Waals surface area contributed by atoms with Crippen LogP contribution >= 0.6 is 0 Å². The molecule has 2 saturated heterocycles. The lowest BCUT2D eigenvalue weighted by atomic mass is 9.89. The number of rotatable bonds is 10. The highest BCUT2D eigenvalue weighted by molar-refractivity contribution is 7.89. The molecule has 248 valence electrons. The third-order valence-corrected chi connectivity index (χ3v) is 10.9. The lowest BCUT2D eigenvalue weighted by Gasteiger charge is -2.43. The van der Waals surface area contributed by atoms with Crippen LogP contribution in [0, 0.1) is 5.92 Å². The van der Waals surface area contributed by atoms with Crippen molar-refractivity contribution in [2.45, 2.75) is 75.6 Å². The van der Waals surface area contributed by atoms with Gasteiger partial charge in [0.2, 0.25) is 10.0 Å². The van der Waals surface area contributed by atoms with Gasteiger partial charge in [-0.1, -0.05) is 111 Å². The van der Waals surface area contributed by atoms with Gasteiger partial charge in [-0.2, -0.15) is 0 Å². The standard InChI is InChI=1S/C39H46N2O5S/c1-29-37(27-41-23-8-3-2-4-9-24-41)45-39(46-38(29)33-17-15-30(28-42)16-18-33)34-21-19-32(20-22-34)35-12-10-11-31(25-35)26-40-47(43,44)36-13-6-5-7-14-36/h5-7,10-22,25,29,37-40,42H,2-4,8-9,23-24,26-28H2,1H3/t29-,37+,38+,39+/m0/s1. The van der Waals surface area contributed by atoms with Gasteiger partial charge in [0.05, 0.1) is 23.7 Å². The van der Waals surface area contributed by atoms with Gasteiger partial charge in [-0.05, 0) is 71.9 Å². The first-order chi connectivity index (χ1) is 22.9. The SMILES string of the molecule is C[C@H]1[C@@H](CN2CCCCCCC2)O[C@@H](c2ccc(-c3cccc(CNS(=O)(=O)c4ccccc4)c3)cc2)O[C@H]1c1ccc(CO)cc1. The molecule has 0 spiro atoms. The summed E-state index contributed by atoms with van der Waals surface area (Å²) in [6.07, 6.45) is 5.73. The van der Waals surface area contributed by atoms with E-state index in [2.05, 4.69) is 52.9 Å². The van der Waals surface area contributed by atoms with E-state index in [0.717, 1.165) is 53.0 Å². The van der Waals surface area contributed by atoms with E-state index in [1.54, 1.807) is 30.3 Å². The Morgan fingerprint density at radius 3 is 2.13 bits per heavy atom. The Hall–Kier alpha value is -3.37. The van der Waals surface area contributed by atoms with Crippen molar-refractivity contribution in [2.75, 3.05) is 19.6 Å². The normalized spacial score (nSPS) is 22.8. The van der Waals surface area contributed by atoms with Gasteiger partial charge in [-0.25, -0.2) is 13.1 Å². The molecule has 4 aromatic rings. The Kier molecular flexibility index (Phi) is 11.2. The van der Waals surface area contributed by atoms with E-state index < -0.39 is 16.3 Å². The lowest BCUT2D eigenvalue weighted by Crippen LogP contribution is -2.45. The molecule has 0 unspecified atom stereocenters. The van der Waals surface area contributed by atoms with Crippen LogP contribution in [0.1, 0.15) is 73.7 Å². The molecule has 0 bridgehead atoms. The van der Waals surface area contributed by atoms with Crippen molar-refractivity contribution < 1.29 is 23.0 Å². The maximum atomic E-state index is 12.7. The van der Waals surface area contributed by atoms with Crippen LogP contribution in [-0.2, 0) is 32.6 Å². The minimum Gasteiger partial charge on any atom is -0.392 e. The minimum absolute atomic E-state index is 0.00622. The monoisotopic (exact) mass is 654 g/mol. The third kappa shape index (κ3) is 8.57. The number of likely N-dealkylation sites (tertiary alicyclic amines) is 1. The summed E-state index contributed by atoms with van der Waals surface area (Å²) in [7, 11) is -3.60. The fourth-order valence-electron chi connectivity index (χ4n) is 6.63. The zero-order valence-electron chi connectivity index (χ0n) is 27.1. The fraction of sp³-hybridized carbons (Fsp3) is 0.385. The Bertz CT molecular complexity index is 1670. The predicted octanol–water partition coefficient (Wildman–Crippen LogP) is 7.38. The number of ether oxygens (including phenoxy) is 2. The van der Waals surface area contributed by atoms with E-state index in [1.807, 2.05) is 36.4 Å². The highest BCUT2D eigenvalue weighted by Crippen LogP contribution is 2.42. The van der Waals surface area contributed by atoms with Crippen molar-refractivity contribution in [1.82, 2.24) is 9.62 Å². The summed E-state index contributed by atoms with van der Waals surface area (Å²) in [6, 6.07) is 32.7. The number of benzene rings is 4. The van der Waals surface area contributed by atoms with Crippen LogP contribution in [0.15, 0.2) is 108 Å². The Morgan fingerprint density at radius 1 is 0.745 bits per heavy atom. The summed E-state index contributed by atoms with van der Waals surface area (Å²) in [4.78, 5) is 2.83. The van der Waals surface area contributed by atoms with Crippen molar-refractivity contribution in [2.24, 2.45) is 5.92 Å². The summed E-state index contributed by atoms with van der Waals surface area (Å²) < 4.78 is 41.6. The second-order valence-electron chi connectivity index (χ2n) is 12.9. The summed E-state index contributed by atoms with van der Waals surface area (Å²) >= 11 is 0. The number of hydrogen-bond acceptors (Lipinski definition) is 6. The lowest BCUT2D eigenvalue weighted by molar-refractivity contribution is -0.276. The predicted molar refractivity (Wildman–Crippen MR) is 185 cm³/mol. The molecule has 2 heterocycles. The fourth-order valence-corrected chi connectivity index (χ4v) is 7.67. The average Bonchev–Trinajstić information content (AvgIpc) is 3.10. The van der Waals surface area contributed by atoms with Crippen LogP contribution in [0.5, 0.6) is 0 Å². The maximum absolute atomic E-state index is 12.7. The molecule has 47 heavy (non-hydrogen) atoms. The van der Waals surface area contributed by atoms with Gasteiger partial charge in [-0.15, -0.1) is 0 Å². The molecule has 6 rings (SSSR count). The van der Waals surface area contributed by atoms with Crippen molar-refractivity contribution in [3.8, 4) is 11.1 Å². The highest BCUT2D eigenvalue weighted by Gasteiger charge is 2.39. The van der Waals surface area contributed by atoms with Crippen LogP contribution in [0.3, 0.4) is 0 Å². The molecule has 0 aromatic heterocycles. The van der Waals surface area contributed by atoms with Gasteiger partial charge >= 0.3 is 0 Å². The Labute approximate surface area is 279 Å². The van der Waals surface area contributed by atoms with Crippen molar-refractivity contribution in [3.63, 3.8) is 0 Å². The molecule has 4 atom stereocenters. The zero-order chi connectivity index (χ0) is 32.6. The summed E-state index contributed by atoms with van der Waals surface area (Å²) in [5, 5.41) is 9.59. The van der Waals surface area contributed by atoms with E-state index in [9.17, 15) is 13.5 Å². The second-order valence-corrected chi connectivity index (χ2v) is 14.6. The molecule has 2 N–H and O–H groups in total. The first-order valence-corrected chi connectivity index (χ1v) is 18.3. The van der Waals surface area contributed by atoms with E-state index in [4.69, 9.17) is 9.47 Å². The Balaban J connectivity index is 1.18. The quantitative estimate of drug-likeness (QED) is 0.186. The van der Waals surface area contributed by atoms with Crippen LogP contribution < -0.4 is 4.72 Å². The molecule has 2 fully saturated rings. The number of sulfonamides is 1. The van der Waals surface area contributed by atoms with Gasteiger partial charge in [0.1, 0.15) is 0 Å². The summed E-state index contributed by atoms with van der Waals surface area (Å²) in [5.74, 6) is 0.151. The first-order valence-electron chi connectivity index (χ1n) is 16.9. The molecule has 2 aliphatic heterocycles. The van der Waals surface area contributed by atoms with Crippen LogP contribution in [0.25, 0.3) is 11.1 Å². The number of nitrogens with zero attached hydrogens (tertiary/aromatic N) is 1. The molecule has 0 saturated carbocycles.